The molecule has 1 unspecified atom stereocenters. The van der Waals surface area contributed by atoms with Gasteiger partial charge in [-0.3, -0.25) is 9.69 Å². The molecule has 2 N–H and O–H groups in total. The third-order valence-corrected chi connectivity index (χ3v) is 5.88. The van der Waals surface area contributed by atoms with Crippen LogP contribution in [0.3, 0.4) is 0 Å². The van der Waals surface area contributed by atoms with E-state index in [0.29, 0.717) is 35.7 Å². The number of carbonyl (C=O) groups is 2. The van der Waals surface area contributed by atoms with Crippen molar-refractivity contribution in [3.8, 4) is 0 Å². The number of nitrogens with one attached hydrogen (secondary N) is 2. The molecule has 7 heteroatoms. The monoisotopic (exact) mass is 393 g/mol. The Morgan fingerprint density at radius 1 is 1.21 bits per heavy atom. The molecule has 7 nitrogen and oxygen atoms in total. The summed E-state index contributed by atoms with van der Waals surface area (Å²) in [6.07, 6.45) is 2.77. The van der Waals surface area contributed by atoms with Crippen LogP contribution < -0.4 is 5.32 Å². The molecule has 1 fully saturated rings. The molecule has 2 rings (SSSR count). The molecule has 158 valence electrons. The molecule has 0 bridgehead atoms. The lowest BCUT2D eigenvalue weighted by atomic mass is 9.92. The molecule has 0 aliphatic carbocycles. The standard InChI is InChI=1S/C21H35N3O4/c1-6-15(7-2)17(24-9-11-28-12-10-24)13-22-20(25)19-14(4)18(21(26)27-5)16(8-3)23-19/h15,17,23H,6-13H2,1-5H3,(H,22,25). The highest BCUT2D eigenvalue weighted by Crippen LogP contribution is 2.22. The fourth-order valence-corrected chi connectivity index (χ4v) is 4.15. The number of hydrogen-bond acceptors (Lipinski definition) is 5. The van der Waals surface area contributed by atoms with Crippen LogP contribution in [0.4, 0.5) is 0 Å². The number of aromatic nitrogens is 1. The van der Waals surface area contributed by atoms with E-state index in [-0.39, 0.29) is 11.9 Å². The second-order valence-corrected chi connectivity index (χ2v) is 7.33. The Hall–Kier alpha value is -1.86. The van der Waals surface area contributed by atoms with Gasteiger partial charge in [0.2, 0.25) is 0 Å². The number of aromatic amines is 1. The van der Waals surface area contributed by atoms with Crippen molar-refractivity contribution < 1.29 is 19.1 Å². The van der Waals surface area contributed by atoms with Crippen LogP contribution in [0.2, 0.25) is 0 Å². The number of ether oxygens (including phenoxy) is 2. The maximum absolute atomic E-state index is 12.9. The van der Waals surface area contributed by atoms with Crippen molar-refractivity contribution in [1.29, 1.82) is 0 Å². The van der Waals surface area contributed by atoms with Crippen molar-refractivity contribution in [3.05, 3.63) is 22.5 Å². The summed E-state index contributed by atoms with van der Waals surface area (Å²) in [7, 11) is 1.36. The lowest BCUT2D eigenvalue weighted by Crippen LogP contribution is -2.52. The molecule has 1 aromatic heterocycles. The van der Waals surface area contributed by atoms with Crippen LogP contribution in [-0.2, 0) is 15.9 Å². The summed E-state index contributed by atoms with van der Waals surface area (Å²) in [5.41, 5.74) is 2.30. The summed E-state index contributed by atoms with van der Waals surface area (Å²) in [5.74, 6) is -0.0700. The number of methoxy groups -OCH3 is 1. The molecule has 1 aliphatic heterocycles. The van der Waals surface area contributed by atoms with E-state index < -0.39 is 5.97 Å². The lowest BCUT2D eigenvalue weighted by molar-refractivity contribution is 0.00190. The smallest absolute Gasteiger partial charge is 0.339 e. The van der Waals surface area contributed by atoms with E-state index in [1.54, 1.807) is 6.92 Å². The summed E-state index contributed by atoms with van der Waals surface area (Å²) in [5, 5.41) is 3.10. The minimum absolute atomic E-state index is 0.174. The summed E-state index contributed by atoms with van der Waals surface area (Å²) >= 11 is 0. The topological polar surface area (TPSA) is 83.7 Å². The van der Waals surface area contributed by atoms with Crippen LogP contribution in [0.15, 0.2) is 0 Å². The van der Waals surface area contributed by atoms with Gasteiger partial charge in [0, 0.05) is 31.4 Å². The SMILES string of the molecule is CCc1[nH]c(C(=O)NCC(C(CC)CC)N2CCOCC2)c(C)c1C(=O)OC. The maximum Gasteiger partial charge on any atom is 0.339 e. The van der Waals surface area contributed by atoms with Gasteiger partial charge in [0.25, 0.3) is 5.91 Å². The van der Waals surface area contributed by atoms with Crippen molar-refractivity contribution in [3.63, 3.8) is 0 Å². The highest BCUT2D eigenvalue weighted by molar-refractivity contribution is 6.00. The Bertz CT molecular complexity index is 661. The van der Waals surface area contributed by atoms with Crippen molar-refractivity contribution in [1.82, 2.24) is 15.2 Å². The fraction of sp³-hybridized carbons (Fsp3) is 0.714. The van der Waals surface area contributed by atoms with Gasteiger partial charge >= 0.3 is 5.97 Å². The molecule has 0 radical (unpaired) electrons. The minimum Gasteiger partial charge on any atom is -0.465 e. The molecular formula is C21H35N3O4. The van der Waals surface area contributed by atoms with Gasteiger partial charge in [-0.2, -0.15) is 0 Å². The third kappa shape index (κ3) is 4.94. The van der Waals surface area contributed by atoms with Crippen LogP contribution in [0.5, 0.6) is 0 Å². The zero-order chi connectivity index (χ0) is 20.7. The second-order valence-electron chi connectivity index (χ2n) is 7.33. The first-order valence-corrected chi connectivity index (χ1v) is 10.4. The molecule has 1 aliphatic rings. The van der Waals surface area contributed by atoms with Gasteiger partial charge in [-0.1, -0.05) is 33.6 Å². The maximum atomic E-state index is 12.9. The molecule has 1 atom stereocenters. The van der Waals surface area contributed by atoms with Gasteiger partial charge in [0.05, 0.1) is 25.9 Å². The number of aryl methyl sites for hydroxylation is 1. The normalized spacial score (nSPS) is 16.2. The number of nitrogens with zero attached hydrogens (tertiary/aromatic N) is 1. The van der Waals surface area contributed by atoms with Crippen LogP contribution >= 0.6 is 0 Å². The van der Waals surface area contributed by atoms with Gasteiger partial charge in [-0.25, -0.2) is 4.79 Å². The number of hydrogen-bond donors (Lipinski definition) is 2. The molecule has 28 heavy (non-hydrogen) atoms. The van der Waals surface area contributed by atoms with Crippen LogP contribution in [0, 0.1) is 12.8 Å². The van der Waals surface area contributed by atoms with E-state index >= 15 is 0 Å². The number of amides is 1. The highest BCUT2D eigenvalue weighted by Gasteiger charge is 2.29. The summed E-state index contributed by atoms with van der Waals surface area (Å²) in [6.45, 7) is 12.0. The molecule has 0 spiro atoms. The summed E-state index contributed by atoms with van der Waals surface area (Å²) in [6, 6.07) is 0.281. The van der Waals surface area contributed by atoms with Gasteiger partial charge in [0.15, 0.2) is 0 Å². The number of morpholine rings is 1. The van der Waals surface area contributed by atoms with Crippen molar-refractivity contribution in [2.45, 2.75) is 53.0 Å². The Morgan fingerprint density at radius 2 is 1.86 bits per heavy atom. The van der Waals surface area contributed by atoms with Gasteiger partial charge < -0.3 is 19.8 Å². The van der Waals surface area contributed by atoms with E-state index in [4.69, 9.17) is 9.47 Å². The van der Waals surface area contributed by atoms with Gasteiger partial charge in [-0.05, 0) is 24.8 Å². The Kier molecular flexibility index (Phi) is 8.51. The Morgan fingerprint density at radius 3 is 2.39 bits per heavy atom. The van der Waals surface area contributed by atoms with E-state index in [9.17, 15) is 9.59 Å². The molecule has 1 aromatic rings. The van der Waals surface area contributed by atoms with Crippen LogP contribution in [-0.4, -0.2) is 67.8 Å². The van der Waals surface area contributed by atoms with Crippen molar-refractivity contribution in [2.75, 3.05) is 40.0 Å². The first kappa shape index (κ1) is 22.4. The van der Waals surface area contributed by atoms with E-state index in [0.717, 1.165) is 44.8 Å². The van der Waals surface area contributed by atoms with E-state index in [1.807, 2.05) is 6.92 Å². The van der Waals surface area contributed by atoms with E-state index in [2.05, 4.69) is 29.0 Å². The van der Waals surface area contributed by atoms with E-state index in [1.165, 1.54) is 7.11 Å². The predicted molar refractivity (Wildman–Crippen MR) is 109 cm³/mol. The Balaban J connectivity index is 2.16. The molecule has 1 amide bonds. The fourth-order valence-electron chi connectivity index (χ4n) is 4.15. The Labute approximate surface area is 168 Å². The van der Waals surface area contributed by atoms with Crippen LogP contribution in [0.25, 0.3) is 0 Å². The van der Waals surface area contributed by atoms with Crippen molar-refractivity contribution in [2.24, 2.45) is 5.92 Å². The number of H-pyrrole nitrogens is 1. The lowest BCUT2D eigenvalue weighted by Gasteiger charge is -2.38. The molecular weight excluding hydrogens is 358 g/mol. The first-order valence-electron chi connectivity index (χ1n) is 10.4. The number of esters is 1. The zero-order valence-corrected chi connectivity index (χ0v) is 17.9. The number of carbonyl (C=O) groups excluding carboxylic acids is 2. The average molecular weight is 394 g/mol. The average Bonchev–Trinajstić information content (AvgIpc) is 3.07. The second kappa shape index (κ2) is 10.6. The number of rotatable bonds is 9. The van der Waals surface area contributed by atoms with Gasteiger partial charge in [-0.15, -0.1) is 0 Å². The van der Waals surface area contributed by atoms with Crippen molar-refractivity contribution >= 4 is 11.9 Å². The molecule has 1 saturated heterocycles. The largest absolute Gasteiger partial charge is 0.465 e. The molecule has 0 aromatic carbocycles. The highest BCUT2D eigenvalue weighted by atomic mass is 16.5. The summed E-state index contributed by atoms with van der Waals surface area (Å²) < 4.78 is 10.4. The molecule has 0 saturated carbocycles. The predicted octanol–water partition coefficient (Wildman–Crippen LogP) is 2.54. The quantitative estimate of drug-likeness (QED) is 0.630. The third-order valence-electron chi connectivity index (χ3n) is 5.88. The first-order chi connectivity index (χ1) is 13.5. The van der Waals surface area contributed by atoms with Gasteiger partial charge in [0.1, 0.15) is 5.69 Å². The molecule has 2 heterocycles. The van der Waals surface area contributed by atoms with Crippen LogP contribution in [0.1, 0.15) is 65.7 Å². The summed E-state index contributed by atoms with van der Waals surface area (Å²) in [4.78, 5) is 30.6. The minimum atomic E-state index is -0.409. The zero-order valence-electron chi connectivity index (χ0n) is 17.9.